The highest BCUT2D eigenvalue weighted by Gasteiger charge is 2.28. The topological polar surface area (TPSA) is 62.9 Å². The van der Waals surface area contributed by atoms with E-state index in [1.54, 1.807) is 12.3 Å². The van der Waals surface area contributed by atoms with E-state index >= 15 is 0 Å². The molecule has 1 aliphatic rings. The summed E-state index contributed by atoms with van der Waals surface area (Å²) in [5, 5.41) is 9.44. The maximum atomic E-state index is 11.2. The van der Waals surface area contributed by atoms with Crippen molar-refractivity contribution in [3.8, 4) is 0 Å². The maximum Gasteiger partial charge on any atom is 0.330 e. The Morgan fingerprint density at radius 2 is 2.32 bits per heavy atom. The van der Waals surface area contributed by atoms with Crippen LogP contribution in [0.3, 0.4) is 0 Å². The summed E-state index contributed by atoms with van der Waals surface area (Å²) < 4.78 is 10.1. The molecule has 0 radical (unpaired) electrons. The Morgan fingerprint density at radius 3 is 3.04 bits per heavy atom. The number of esters is 1. The minimum atomic E-state index is -0.356. The predicted octanol–water partition coefficient (Wildman–Crippen LogP) is 2.95. The first-order chi connectivity index (χ1) is 12.2. The van der Waals surface area contributed by atoms with Gasteiger partial charge in [0.25, 0.3) is 0 Å². The third-order valence-electron chi connectivity index (χ3n) is 4.59. The molecule has 1 heterocycles. The number of hydrogen-bond donors (Lipinski definition) is 1. The van der Waals surface area contributed by atoms with Crippen LogP contribution in [0, 0.1) is 0 Å². The molecule has 2 aromatic rings. The summed E-state index contributed by atoms with van der Waals surface area (Å²) in [7, 11) is 1.37. The van der Waals surface area contributed by atoms with Gasteiger partial charge in [0.05, 0.1) is 26.5 Å². The summed E-state index contributed by atoms with van der Waals surface area (Å²) in [5.74, 6) is 0.547. The molecule has 25 heavy (non-hydrogen) atoms. The lowest BCUT2D eigenvalue weighted by Crippen LogP contribution is -2.29. The van der Waals surface area contributed by atoms with E-state index in [2.05, 4.69) is 21.8 Å². The van der Waals surface area contributed by atoms with Gasteiger partial charge in [0.1, 0.15) is 5.76 Å². The Morgan fingerprint density at radius 1 is 1.44 bits per heavy atom. The van der Waals surface area contributed by atoms with Crippen LogP contribution >= 0.6 is 0 Å². The van der Waals surface area contributed by atoms with Gasteiger partial charge >= 0.3 is 5.97 Å². The molecule has 1 N–H and O–H groups in total. The summed E-state index contributed by atoms with van der Waals surface area (Å²) in [6, 6.07) is 10.4. The Bertz CT molecular complexity index is 736. The van der Waals surface area contributed by atoms with Crippen LogP contribution in [0.4, 0.5) is 0 Å². The molecule has 1 atom stereocenters. The summed E-state index contributed by atoms with van der Waals surface area (Å²) in [6.45, 7) is 1.41. The second-order valence-electron chi connectivity index (χ2n) is 6.14. The van der Waals surface area contributed by atoms with Crippen molar-refractivity contribution in [2.24, 2.45) is 0 Å². The monoisotopic (exact) mass is 341 g/mol. The van der Waals surface area contributed by atoms with Crippen molar-refractivity contribution in [2.45, 2.75) is 25.4 Å². The number of fused-ring (bicyclic) bond motifs is 1. The molecule has 3 rings (SSSR count). The molecule has 1 aromatic carbocycles. The molecule has 1 aliphatic carbocycles. The first-order valence-electron chi connectivity index (χ1n) is 8.47. The zero-order valence-corrected chi connectivity index (χ0v) is 14.4. The summed E-state index contributed by atoms with van der Waals surface area (Å²) in [6.07, 6.45) is 6.88. The van der Waals surface area contributed by atoms with Gasteiger partial charge < -0.3 is 14.3 Å². The van der Waals surface area contributed by atoms with Crippen molar-refractivity contribution in [1.82, 2.24) is 4.90 Å². The van der Waals surface area contributed by atoms with Crippen molar-refractivity contribution in [3.63, 3.8) is 0 Å². The minimum Gasteiger partial charge on any atom is -0.468 e. The van der Waals surface area contributed by atoms with Gasteiger partial charge in [-0.15, -0.1) is 0 Å². The molecule has 1 aromatic heterocycles. The van der Waals surface area contributed by atoms with Gasteiger partial charge in [-0.1, -0.05) is 18.2 Å². The standard InChI is InChI=1S/C20H23NO4/c1-24-20(23)9-5-15-4-7-18-16(13-15)6-8-19(18)21(10-11-22)14-17-3-2-12-25-17/h2-5,7,9,12-13,19,22H,6,8,10-11,14H2,1H3. The normalized spacial score (nSPS) is 16.5. The van der Waals surface area contributed by atoms with E-state index in [0.29, 0.717) is 13.1 Å². The van der Waals surface area contributed by atoms with Gasteiger partial charge in [-0.3, -0.25) is 4.90 Å². The van der Waals surface area contributed by atoms with Gasteiger partial charge in [0, 0.05) is 18.7 Å². The average molecular weight is 341 g/mol. The van der Waals surface area contributed by atoms with Crippen LogP contribution in [-0.2, 0) is 22.5 Å². The third kappa shape index (κ3) is 4.18. The number of hydrogen-bond acceptors (Lipinski definition) is 5. The van der Waals surface area contributed by atoms with Gasteiger partial charge in [0.15, 0.2) is 0 Å². The van der Waals surface area contributed by atoms with Crippen LogP contribution in [-0.4, -0.2) is 36.2 Å². The summed E-state index contributed by atoms with van der Waals surface area (Å²) in [4.78, 5) is 13.5. The molecule has 1 unspecified atom stereocenters. The summed E-state index contributed by atoms with van der Waals surface area (Å²) in [5.41, 5.74) is 3.57. The fourth-order valence-corrected chi connectivity index (χ4v) is 3.41. The van der Waals surface area contributed by atoms with E-state index in [0.717, 1.165) is 24.2 Å². The van der Waals surface area contributed by atoms with Crippen molar-refractivity contribution in [2.75, 3.05) is 20.3 Å². The molecule has 5 nitrogen and oxygen atoms in total. The number of furan rings is 1. The second-order valence-corrected chi connectivity index (χ2v) is 6.14. The second kappa shape index (κ2) is 8.14. The Balaban J connectivity index is 1.77. The zero-order valence-electron chi connectivity index (χ0n) is 14.4. The molecule has 0 amide bonds. The van der Waals surface area contributed by atoms with E-state index < -0.39 is 0 Å². The number of ether oxygens (including phenoxy) is 1. The highest BCUT2D eigenvalue weighted by molar-refractivity contribution is 5.86. The molecule has 0 bridgehead atoms. The molecule has 0 aliphatic heterocycles. The molecule has 0 spiro atoms. The molecule has 0 fully saturated rings. The molecule has 0 saturated carbocycles. The smallest absolute Gasteiger partial charge is 0.330 e. The summed E-state index contributed by atoms with van der Waals surface area (Å²) >= 11 is 0. The Kier molecular flexibility index (Phi) is 5.68. The van der Waals surface area contributed by atoms with E-state index in [9.17, 15) is 9.90 Å². The van der Waals surface area contributed by atoms with Gasteiger partial charge in [-0.2, -0.15) is 0 Å². The lowest BCUT2D eigenvalue weighted by atomic mass is 10.0. The zero-order chi connectivity index (χ0) is 17.6. The van der Waals surface area contributed by atoms with E-state index in [4.69, 9.17) is 4.42 Å². The van der Waals surface area contributed by atoms with E-state index in [1.165, 1.54) is 24.3 Å². The Labute approximate surface area is 147 Å². The van der Waals surface area contributed by atoms with Crippen LogP contribution < -0.4 is 0 Å². The van der Waals surface area contributed by atoms with Crippen LogP contribution in [0.2, 0.25) is 0 Å². The fourth-order valence-electron chi connectivity index (χ4n) is 3.41. The van der Waals surface area contributed by atoms with Crippen LogP contribution in [0.25, 0.3) is 6.08 Å². The lowest BCUT2D eigenvalue weighted by molar-refractivity contribution is -0.134. The number of nitrogens with zero attached hydrogens (tertiary/aromatic N) is 1. The SMILES string of the molecule is COC(=O)C=Cc1ccc2c(c1)CCC2N(CCO)Cc1ccco1. The Hall–Kier alpha value is -2.37. The first-order valence-corrected chi connectivity index (χ1v) is 8.47. The van der Waals surface area contributed by atoms with Crippen molar-refractivity contribution in [1.29, 1.82) is 0 Å². The molecular weight excluding hydrogens is 318 g/mol. The number of aliphatic hydroxyl groups is 1. The number of rotatable bonds is 7. The largest absolute Gasteiger partial charge is 0.468 e. The number of aliphatic hydroxyl groups excluding tert-OH is 1. The van der Waals surface area contributed by atoms with E-state index in [1.807, 2.05) is 18.2 Å². The predicted molar refractivity (Wildman–Crippen MR) is 94.8 cm³/mol. The van der Waals surface area contributed by atoms with Gasteiger partial charge in [-0.05, 0) is 47.7 Å². The highest BCUT2D eigenvalue weighted by atomic mass is 16.5. The number of methoxy groups -OCH3 is 1. The quantitative estimate of drug-likeness (QED) is 0.620. The number of carbonyl (C=O) groups excluding carboxylic acids is 1. The third-order valence-corrected chi connectivity index (χ3v) is 4.59. The highest BCUT2D eigenvalue weighted by Crippen LogP contribution is 2.37. The molecular formula is C20H23NO4. The van der Waals surface area contributed by atoms with Crippen molar-refractivity contribution in [3.05, 3.63) is 65.1 Å². The minimum absolute atomic E-state index is 0.118. The van der Waals surface area contributed by atoms with Gasteiger partial charge in [-0.25, -0.2) is 4.79 Å². The first kappa shape index (κ1) is 17.5. The van der Waals surface area contributed by atoms with Crippen LogP contribution in [0.5, 0.6) is 0 Å². The van der Waals surface area contributed by atoms with Crippen LogP contribution in [0.1, 0.15) is 34.9 Å². The lowest BCUT2D eigenvalue weighted by Gasteiger charge is -2.28. The molecule has 0 saturated heterocycles. The average Bonchev–Trinajstić information content (AvgIpc) is 3.28. The number of benzene rings is 1. The number of carbonyl (C=O) groups is 1. The van der Waals surface area contributed by atoms with E-state index in [-0.39, 0.29) is 18.6 Å². The van der Waals surface area contributed by atoms with Gasteiger partial charge in [0.2, 0.25) is 0 Å². The number of aryl methyl sites for hydroxylation is 1. The maximum absolute atomic E-state index is 11.2. The molecule has 132 valence electrons. The van der Waals surface area contributed by atoms with Crippen molar-refractivity contribution >= 4 is 12.0 Å². The molecule has 5 heteroatoms. The fraction of sp³-hybridized carbons (Fsp3) is 0.350. The van der Waals surface area contributed by atoms with Crippen molar-refractivity contribution < 1.29 is 19.1 Å². The van der Waals surface area contributed by atoms with Crippen LogP contribution in [0.15, 0.2) is 47.1 Å².